The molecule has 0 bridgehead atoms. The molecule has 1 rings (SSSR count). The Morgan fingerprint density at radius 1 is 1.50 bits per heavy atom. The van der Waals surface area contributed by atoms with Crippen LogP contribution in [0.1, 0.15) is 47.7 Å². The van der Waals surface area contributed by atoms with Gasteiger partial charge in [-0.15, -0.1) is 0 Å². The Morgan fingerprint density at radius 3 is 2.67 bits per heavy atom. The molecular weight excluding hydrogens is 252 g/mol. The minimum Gasteiger partial charge on any atom is -0.772 e. The van der Waals surface area contributed by atoms with Gasteiger partial charge in [0.1, 0.15) is 0 Å². The van der Waals surface area contributed by atoms with E-state index in [0.29, 0.717) is 11.1 Å². The van der Waals surface area contributed by atoms with Crippen molar-refractivity contribution in [1.82, 2.24) is 0 Å². The molecule has 1 aromatic rings. The highest BCUT2D eigenvalue weighted by Crippen LogP contribution is 2.25. The molecule has 2 unspecified atom stereocenters. The van der Waals surface area contributed by atoms with E-state index in [9.17, 15) is 13.6 Å². The summed E-state index contributed by atoms with van der Waals surface area (Å²) in [5, 5.41) is 0. The van der Waals surface area contributed by atoms with Crippen molar-refractivity contribution in [3.05, 3.63) is 34.9 Å². The largest absolute Gasteiger partial charge is 0.772 e. The van der Waals surface area contributed by atoms with Crippen molar-refractivity contribution in [2.75, 3.05) is 7.11 Å². The molecule has 0 radical (unpaired) electrons. The van der Waals surface area contributed by atoms with Gasteiger partial charge in [0.2, 0.25) is 0 Å². The van der Waals surface area contributed by atoms with Gasteiger partial charge in [-0.2, -0.15) is 0 Å². The van der Waals surface area contributed by atoms with Crippen molar-refractivity contribution in [3.8, 4) is 0 Å². The highest BCUT2D eigenvalue weighted by Gasteiger charge is 2.13. The maximum Gasteiger partial charge on any atom is 0.337 e. The molecule has 0 aromatic heterocycles. The van der Waals surface area contributed by atoms with E-state index >= 15 is 0 Å². The number of ether oxygens (including phenoxy) is 1. The third-order valence-corrected chi connectivity index (χ3v) is 3.53. The molecule has 2 atom stereocenters. The Labute approximate surface area is 110 Å². The minimum atomic E-state index is -2.17. The molecule has 100 valence electrons. The van der Waals surface area contributed by atoms with E-state index in [2.05, 4.69) is 4.74 Å². The highest BCUT2D eigenvalue weighted by atomic mass is 32.2. The topological polar surface area (TPSA) is 66.4 Å². The fourth-order valence-electron chi connectivity index (χ4n) is 1.80. The average Bonchev–Trinajstić information content (AvgIpc) is 2.36. The van der Waals surface area contributed by atoms with Crippen LogP contribution < -0.4 is 0 Å². The molecule has 0 heterocycles. The number of rotatable bonds is 5. The van der Waals surface area contributed by atoms with Crippen LogP contribution in [0, 0.1) is 0 Å². The van der Waals surface area contributed by atoms with Crippen molar-refractivity contribution in [1.29, 1.82) is 0 Å². The summed E-state index contributed by atoms with van der Waals surface area (Å²) >= 11 is -2.17. The monoisotopic (exact) mass is 269 g/mol. The Kier molecular flexibility index (Phi) is 5.50. The molecule has 0 aliphatic rings. The second kappa shape index (κ2) is 6.66. The van der Waals surface area contributed by atoms with Crippen LogP contribution in [0.2, 0.25) is 0 Å². The fraction of sp³-hybridized carbons (Fsp3) is 0.462. The zero-order valence-electron chi connectivity index (χ0n) is 10.8. The number of benzene rings is 1. The first-order valence-corrected chi connectivity index (χ1v) is 7.01. The predicted octanol–water partition coefficient (Wildman–Crippen LogP) is 2.37. The quantitative estimate of drug-likeness (QED) is 0.608. The lowest BCUT2D eigenvalue weighted by Crippen LogP contribution is -2.07. The van der Waals surface area contributed by atoms with Gasteiger partial charge in [-0.25, -0.2) is 4.79 Å². The first-order chi connectivity index (χ1) is 8.49. The van der Waals surface area contributed by atoms with Gasteiger partial charge in [0, 0.05) is 5.75 Å². The SMILES string of the molecule is CCC(C)c1ccc(C(=O)OC)cc1CS(=O)[O-]. The Hall–Kier alpha value is -1.20. The second-order valence-electron chi connectivity index (χ2n) is 4.16. The lowest BCUT2D eigenvalue weighted by atomic mass is 9.93. The normalized spacial score (nSPS) is 14.0. The number of carbonyl (C=O) groups is 1. The molecule has 0 amide bonds. The van der Waals surface area contributed by atoms with Crippen LogP contribution >= 0.6 is 0 Å². The van der Waals surface area contributed by atoms with Crippen molar-refractivity contribution >= 4 is 17.0 Å². The summed E-state index contributed by atoms with van der Waals surface area (Å²) in [6.45, 7) is 4.07. The molecule has 0 N–H and O–H groups in total. The molecule has 0 aliphatic heterocycles. The third kappa shape index (κ3) is 3.65. The average molecular weight is 269 g/mol. The third-order valence-electron chi connectivity index (χ3n) is 2.98. The number of esters is 1. The van der Waals surface area contributed by atoms with Gasteiger partial charge in [-0.05, 0) is 35.6 Å². The standard InChI is InChI=1S/C13H18O4S/c1-4-9(2)12-6-5-10(13(14)17-3)7-11(12)8-18(15)16/h5-7,9H,4,8H2,1-3H3,(H,15,16)/p-1. The zero-order chi connectivity index (χ0) is 13.7. The molecule has 18 heavy (non-hydrogen) atoms. The summed E-state index contributed by atoms with van der Waals surface area (Å²) in [7, 11) is 1.30. The minimum absolute atomic E-state index is 0.0789. The second-order valence-corrected chi connectivity index (χ2v) is 5.06. The molecule has 0 spiro atoms. The molecule has 4 nitrogen and oxygen atoms in total. The summed E-state index contributed by atoms with van der Waals surface area (Å²) < 4.78 is 26.4. The van der Waals surface area contributed by atoms with E-state index in [-0.39, 0.29) is 11.7 Å². The van der Waals surface area contributed by atoms with Gasteiger partial charge in [0.15, 0.2) is 0 Å². The maximum absolute atomic E-state index is 11.4. The maximum atomic E-state index is 11.4. The molecule has 0 saturated carbocycles. The first-order valence-electron chi connectivity index (χ1n) is 5.76. The molecular formula is C13H17O4S-. The van der Waals surface area contributed by atoms with Gasteiger partial charge in [-0.1, -0.05) is 31.0 Å². The van der Waals surface area contributed by atoms with Crippen molar-refractivity contribution in [2.24, 2.45) is 0 Å². The summed E-state index contributed by atoms with van der Waals surface area (Å²) in [4.78, 5) is 11.4. The van der Waals surface area contributed by atoms with E-state index in [1.807, 2.05) is 19.9 Å². The van der Waals surface area contributed by atoms with E-state index in [4.69, 9.17) is 0 Å². The van der Waals surface area contributed by atoms with Gasteiger partial charge >= 0.3 is 5.97 Å². The van der Waals surface area contributed by atoms with Crippen LogP contribution in [0.25, 0.3) is 0 Å². The van der Waals surface area contributed by atoms with Crippen LogP contribution in [0.15, 0.2) is 18.2 Å². The van der Waals surface area contributed by atoms with Crippen molar-refractivity contribution in [2.45, 2.75) is 31.9 Å². The van der Waals surface area contributed by atoms with Crippen LogP contribution in [-0.2, 0) is 21.6 Å². The van der Waals surface area contributed by atoms with E-state index in [1.165, 1.54) is 7.11 Å². The zero-order valence-corrected chi connectivity index (χ0v) is 11.6. The first kappa shape index (κ1) is 14.9. The van der Waals surface area contributed by atoms with Crippen LogP contribution in [0.4, 0.5) is 0 Å². The van der Waals surface area contributed by atoms with Crippen molar-refractivity contribution < 1.29 is 18.3 Å². The van der Waals surface area contributed by atoms with Gasteiger partial charge in [-0.3, -0.25) is 4.21 Å². The molecule has 0 aliphatic carbocycles. The van der Waals surface area contributed by atoms with E-state index in [1.54, 1.807) is 12.1 Å². The van der Waals surface area contributed by atoms with Gasteiger partial charge in [0.25, 0.3) is 0 Å². The lowest BCUT2D eigenvalue weighted by molar-refractivity contribution is 0.0600. The predicted molar refractivity (Wildman–Crippen MR) is 69.1 cm³/mol. The molecule has 0 fully saturated rings. The van der Waals surface area contributed by atoms with E-state index < -0.39 is 17.0 Å². The molecule has 5 heteroatoms. The van der Waals surface area contributed by atoms with Gasteiger partial charge < -0.3 is 9.29 Å². The number of carbonyl (C=O) groups excluding carboxylic acids is 1. The fourth-order valence-corrected chi connectivity index (χ4v) is 2.31. The Bertz CT molecular complexity index is 456. The summed E-state index contributed by atoms with van der Waals surface area (Å²) in [6, 6.07) is 5.08. The number of hydrogen-bond donors (Lipinski definition) is 0. The summed E-state index contributed by atoms with van der Waals surface area (Å²) in [5.41, 5.74) is 2.01. The molecule has 1 aromatic carbocycles. The van der Waals surface area contributed by atoms with Crippen LogP contribution in [0.5, 0.6) is 0 Å². The van der Waals surface area contributed by atoms with Crippen LogP contribution in [0.3, 0.4) is 0 Å². The Morgan fingerprint density at radius 2 is 2.17 bits per heavy atom. The van der Waals surface area contributed by atoms with Crippen LogP contribution in [-0.4, -0.2) is 21.8 Å². The smallest absolute Gasteiger partial charge is 0.337 e. The summed E-state index contributed by atoms with van der Waals surface area (Å²) in [6.07, 6.45) is 0.913. The van der Waals surface area contributed by atoms with Crippen molar-refractivity contribution in [3.63, 3.8) is 0 Å². The number of methoxy groups -OCH3 is 1. The summed E-state index contributed by atoms with van der Waals surface area (Å²) in [5.74, 6) is -0.274. The number of hydrogen-bond acceptors (Lipinski definition) is 4. The Balaban J connectivity index is 3.19. The molecule has 0 saturated heterocycles. The van der Waals surface area contributed by atoms with E-state index in [0.717, 1.165) is 12.0 Å². The lowest BCUT2D eigenvalue weighted by Gasteiger charge is -2.17. The van der Waals surface area contributed by atoms with Gasteiger partial charge in [0.05, 0.1) is 12.7 Å². The highest BCUT2D eigenvalue weighted by molar-refractivity contribution is 7.78.